The summed E-state index contributed by atoms with van der Waals surface area (Å²) in [5.74, 6) is 0.631. The maximum absolute atomic E-state index is 12.0. The second-order valence-corrected chi connectivity index (χ2v) is 9.64. The average molecular weight is 388 g/mol. The summed E-state index contributed by atoms with van der Waals surface area (Å²) in [6.45, 7) is 12.6. The van der Waals surface area contributed by atoms with Gasteiger partial charge in [0.2, 0.25) is 0 Å². The van der Waals surface area contributed by atoms with E-state index < -0.39 is 0 Å². The number of rotatable bonds is 4. The van der Waals surface area contributed by atoms with Crippen LogP contribution in [0.4, 0.5) is 0 Å². The third-order valence-corrected chi connectivity index (χ3v) is 5.41. The minimum atomic E-state index is -0.387. The van der Waals surface area contributed by atoms with E-state index in [1.807, 2.05) is 0 Å². The van der Waals surface area contributed by atoms with Crippen molar-refractivity contribution < 1.29 is 14.6 Å². The molecule has 5 heteroatoms. The molecular formula is C22H29NO3S. The predicted octanol–water partition coefficient (Wildman–Crippen LogP) is 5.46. The number of esters is 1. The molecule has 1 heterocycles. The quantitative estimate of drug-likeness (QED) is 0.557. The van der Waals surface area contributed by atoms with E-state index >= 15 is 0 Å². The zero-order valence-corrected chi connectivity index (χ0v) is 18.0. The fourth-order valence-electron chi connectivity index (χ4n) is 2.84. The van der Waals surface area contributed by atoms with Crippen molar-refractivity contribution in [2.45, 2.75) is 63.2 Å². The van der Waals surface area contributed by atoms with E-state index in [9.17, 15) is 9.90 Å². The van der Waals surface area contributed by atoms with Gasteiger partial charge in [-0.1, -0.05) is 53.7 Å². The van der Waals surface area contributed by atoms with Gasteiger partial charge in [0, 0.05) is 11.9 Å². The highest BCUT2D eigenvalue weighted by Gasteiger charge is 2.26. The average Bonchev–Trinajstić information content (AvgIpc) is 2.58. The smallest absolute Gasteiger partial charge is 0.340 e. The molecule has 2 aromatic rings. The van der Waals surface area contributed by atoms with Gasteiger partial charge >= 0.3 is 5.97 Å². The highest BCUT2D eigenvalue weighted by atomic mass is 32.2. The third-order valence-electron chi connectivity index (χ3n) is 4.34. The zero-order chi connectivity index (χ0) is 20.4. The first kappa shape index (κ1) is 21.3. The molecule has 0 atom stereocenters. The number of phenolic OH excluding ortho intramolecular Hbond substituents is 1. The molecule has 0 bridgehead atoms. The number of aromatic nitrogens is 1. The van der Waals surface area contributed by atoms with E-state index in [0.717, 1.165) is 16.7 Å². The fraction of sp³-hybridized carbons (Fsp3) is 0.455. The normalized spacial score (nSPS) is 12.1. The van der Waals surface area contributed by atoms with E-state index in [2.05, 4.69) is 58.7 Å². The second-order valence-electron chi connectivity index (χ2n) is 8.68. The lowest BCUT2D eigenvalue weighted by Gasteiger charge is -2.28. The van der Waals surface area contributed by atoms with E-state index in [1.165, 1.54) is 18.9 Å². The molecule has 1 aromatic carbocycles. The lowest BCUT2D eigenvalue weighted by molar-refractivity contribution is 0.0596. The molecule has 0 fully saturated rings. The summed E-state index contributed by atoms with van der Waals surface area (Å²) >= 11 is 1.49. The monoisotopic (exact) mass is 387 g/mol. The van der Waals surface area contributed by atoms with E-state index in [-0.39, 0.29) is 16.8 Å². The Morgan fingerprint density at radius 3 is 2.15 bits per heavy atom. The number of aromatic hydroxyl groups is 1. The van der Waals surface area contributed by atoms with Gasteiger partial charge in [-0.05, 0) is 39.7 Å². The van der Waals surface area contributed by atoms with Crippen molar-refractivity contribution in [3.8, 4) is 5.75 Å². The number of pyridine rings is 1. The first-order valence-electron chi connectivity index (χ1n) is 8.98. The molecule has 0 aliphatic rings. The van der Waals surface area contributed by atoms with Gasteiger partial charge in [-0.2, -0.15) is 0 Å². The Kier molecular flexibility index (Phi) is 6.25. The van der Waals surface area contributed by atoms with Crippen molar-refractivity contribution in [2.75, 3.05) is 7.11 Å². The topological polar surface area (TPSA) is 59.4 Å². The fourth-order valence-corrected chi connectivity index (χ4v) is 3.76. The minimum Gasteiger partial charge on any atom is -0.507 e. The Bertz CT molecular complexity index is 797. The highest BCUT2D eigenvalue weighted by Crippen LogP contribution is 2.40. The van der Waals surface area contributed by atoms with Crippen molar-refractivity contribution in [1.29, 1.82) is 0 Å². The lowest BCUT2D eigenvalue weighted by Crippen LogP contribution is -2.17. The van der Waals surface area contributed by atoms with Crippen LogP contribution < -0.4 is 0 Å². The molecule has 0 spiro atoms. The van der Waals surface area contributed by atoms with Gasteiger partial charge < -0.3 is 9.84 Å². The molecule has 2 rings (SSSR count). The lowest BCUT2D eigenvalue weighted by atomic mass is 9.78. The van der Waals surface area contributed by atoms with Gasteiger partial charge in [0.25, 0.3) is 0 Å². The highest BCUT2D eigenvalue weighted by molar-refractivity contribution is 7.98. The minimum absolute atomic E-state index is 0.174. The molecule has 0 saturated heterocycles. The molecule has 0 saturated carbocycles. The van der Waals surface area contributed by atoms with Gasteiger partial charge in [-0.25, -0.2) is 9.78 Å². The summed E-state index contributed by atoms with van der Waals surface area (Å²) in [5.41, 5.74) is 3.07. The first-order valence-corrected chi connectivity index (χ1v) is 9.96. The van der Waals surface area contributed by atoms with Crippen LogP contribution in [-0.2, 0) is 21.3 Å². The predicted molar refractivity (Wildman–Crippen MR) is 111 cm³/mol. The van der Waals surface area contributed by atoms with Crippen LogP contribution in [0.5, 0.6) is 5.75 Å². The number of ether oxygens (including phenoxy) is 1. The van der Waals surface area contributed by atoms with Crippen molar-refractivity contribution in [1.82, 2.24) is 4.98 Å². The summed E-state index contributed by atoms with van der Waals surface area (Å²) in [6, 6.07) is 7.56. The van der Waals surface area contributed by atoms with Crippen molar-refractivity contribution in [3.63, 3.8) is 0 Å². The van der Waals surface area contributed by atoms with E-state index in [4.69, 9.17) is 4.74 Å². The van der Waals surface area contributed by atoms with Gasteiger partial charge in [0.15, 0.2) is 0 Å². The maximum Gasteiger partial charge on any atom is 0.340 e. The molecule has 0 unspecified atom stereocenters. The molecule has 1 aromatic heterocycles. The molecular weight excluding hydrogens is 358 g/mol. The van der Waals surface area contributed by atoms with E-state index in [0.29, 0.717) is 22.1 Å². The van der Waals surface area contributed by atoms with Crippen molar-refractivity contribution >= 4 is 17.7 Å². The SMILES string of the molecule is COC(=O)c1cccnc1SCc1cc(C(C)(C)C)c(O)c(C(C)(C)C)c1. The number of nitrogens with zero attached hydrogens (tertiary/aromatic N) is 1. The van der Waals surface area contributed by atoms with E-state index in [1.54, 1.807) is 18.3 Å². The Morgan fingerprint density at radius 1 is 1.11 bits per heavy atom. The second kappa shape index (κ2) is 7.93. The summed E-state index contributed by atoms with van der Waals surface area (Å²) < 4.78 is 4.85. The van der Waals surface area contributed by atoms with Crippen LogP contribution in [0.1, 0.15) is 68.6 Å². The van der Waals surface area contributed by atoms with Gasteiger partial charge in [-0.3, -0.25) is 0 Å². The molecule has 4 nitrogen and oxygen atoms in total. The Hall–Kier alpha value is -2.01. The molecule has 0 aliphatic carbocycles. The molecule has 27 heavy (non-hydrogen) atoms. The van der Waals surface area contributed by atoms with Crippen molar-refractivity contribution in [2.24, 2.45) is 0 Å². The number of benzene rings is 1. The number of hydrogen-bond donors (Lipinski definition) is 1. The van der Waals surface area contributed by atoms with Gasteiger partial charge in [0.05, 0.1) is 12.7 Å². The van der Waals surface area contributed by atoms with Crippen LogP contribution in [0, 0.1) is 0 Å². The molecule has 0 radical (unpaired) electrons. The largest absolute Gasteiger partial charge is 0.507 e. The maximum atomic E-state index is 12.0. The molecule has 0 amide bonds. The number of phenols is 1. The summed E-state index contributed by atoms with van der Waals surface area (Å²) in [4.78, 5) is 16.3. The zero-order valence-electron chi connectivity index (χ0n) is 17.2. The number of methoxy groups -OCH3 is 1. The third kappa shape index (κ3) is 5.04. The Morgan fingerprint density at radius 2 is 1.67 bits per heavy atom. The number of carbonyl (C=O) groups is 1. The van der Waals surface area contributed by atoms with Crippen LogP contribution in [0.25, 0.3) is 0 Å². The van der Waals surface area contributed by atoms with Crippen LogP contribution >= 0.6 is 11.8 Å². The van der Waals surface area contributed by atoms with Gasteiger partial charge in [0.1, 0.15) is 10.8 Å². The number of hydrogen-bond acceptors (Lipinski definition) is 5. The summed E-state index contributed by atoms with van der Waals surface area (Å²) in [5, 5.41) is 11.5. The summed E-state index contributed by atoms with van der Waals surface area (Å²) in [7, 11) is 1.37. The van der Waals surface area contributed by atoms with Crippen LogP contribution in [0.2, 0.25) is 0 Å². The standard InChI is InChI=1S/C22H29NO3S/c1-21(2,3)16-11-14(12-17(18(16)24)22(4,5)6)13-27-19-15(20(25)26-7)9-8-10-23-19/h8-12,24H,13H2,1-7H3. The first-order chi connectivity index (χ1) is 12.4. The number of thioether (sulfide) groups is 1. The van der Waals surface area contributed by atoms with Crippen molar-refractivity contribution in [3.05, 3.63) is 52.7 Å². The molecule has 1 N–H and O–H groups in total. The Labute approximate surface area is 166 Å². The Balaban J connectivity index is 2.42. The van der Waals surface area contributed by atoms with Crippen LogP contribution in [0.3, 0.4) is 0 Å². The van der Waals surface area contributed by atoms with Crippen LogP contribution in [-0.4, -0.2) is 23.2 Å². The summed E-state index contributed by atoms with van der Waals surface area (Å²) in [6.07, 6.45) is 1.67. The van der Waals surface area contributed by atoms with Crippen LogP contribution in [0.15, 0.2) is 35.5 Å². The molecule has 146 valence electrons. The molecule has 0 aliphatic heterocycles. The number of carbonyl (C=O) groups excluding carboxylic acids is 1. The van der Waals surface area contributed by atoms with Gasteiger partial charge in [-0.15, -0.1) is 11.8 Å².